The summed E-state index contributed by atoms with van der Waals surface area (Å²) in [5.74, 6) is -0.123. The van der Waals surface area contributed by atoms with Crippen LogP contribution in [0, 0.1) is 0 Å². The molecule has 0 saturated heterocycles. The molecule has 2 aromatic carbocycles. The standard InChI is InChI=1S/C18H13ClN4OS/c19-14-8-6-12(7-9-14)10-16(24)21-17-22-23-11-15(20-18(23)25-17)13-4-2-1-3-5-13/h1-9,11H,10H2,(H,21,22,24). The van der Waals surface area contributed by atoms with Gasteiger partial charge in [-0.1, -0.05) is 65.4 Å². The highest BCUT2D eigenvalue weighted by Crippen LogP contribution is 2.24. The molecule has 4 rings (SSSR count). The molecule has 0 saturated carbocycles. The lowest BCUT2D eigenvalue weighted by Crippen LogP contribution is -2.14. The Balaban J connectivity index is 1.47. The monoisotopic (exact) mass is 368 g/mol. The Morgan fingerprint density at radius 2 is 1.88 bits per heavy atom. The molecule has 1 amide bonds. The molecule has 2 aromatic heterocycles. The molecule has 4 aromatic rings. The van der Waals surface area contributed by atoms with Crippen LogP contribution in [0.3, 0.4) is 0 Å². The number of hydrogen-bond acceptors (Lipinski definition) is 4. The first-order chi connectivity index (χ1) is 12.2. The van der Waals surface area contributed by atoms with Gasteiger partial charge in [0.1, 0.15) is 0 Å². The first-order valence-corrected chi connectivity index (χ1v) is 8.83. The predicted octanol–water partition coefficient (Wildman–Crippen LogP) is 4.29. The van der Waals surface area contributed by atoms with Crippen molar-refractivity contribution >= 4 is 38.9 Å². The number of hydrogen-bond donors (Lipinski definition) is 1. The average molecular weight is 369 g/mol. The van der Waals surface area contributed by atoms with Crippen LogP contribution in [0.1, 0.15) is 5.56 Å². The van der Waals surface area contributed by atoms with E-state index in [4.69, 9.17) is 11.6 Å². The number of carbonyl (C=O) groups excluding carboxylic acids is 1. The molecule has 0 aliphatic heterocycles. The Morgan fingerprint density at radius 3 is 2.60 bits per heavy atom. The van der Waals surface area contributed by atoms with E-state index in [-0.39, 0.29) is 12.3 Å². The van der Waals surface area contributed by atoms with Crippen molar-refractivity contribution in [3.8, 4) is 11.3 Å². The molecular weight excluding hydrogens is 356 g/mol. The number of halogens is 1. The summed E-state index contributed by atoms with van der Waals surface area (Å²) in [5.41, 5.74) is 2.79. The highest BCUT2D eigenvalue weighted by Gasteiger charge is 2.12. The quantitative estimate of drug-likeness (QED) is 0.584. The van der Waals surface area contributed by atoms with E-state index in [0.717, 1.165) is 21.8 Å². The van der Waals surface area contributed by atoms with E-state index < -0.39 is 0 Å². The van der Waals surface area contributed by atoms with Gasteiger partial charge in [-0.2, -0.15) is 0 Å². The lowest BCUT2D eigenvalue weighted by atomic mass is 10.1. The van der Waals surface area contributed by atoms with E-state index in [1.54, 1.807) is 16.6 Å². The maximum absolute atomic E-state index is 12.1. The van der Waals surface area contributed by atoms with Gasteiger partial charge in [-0.15, -0.1) is 5.10 Å². The second kappa shape index (κ2) is 6.66. The molecule has 0 bridgehead atoms. The number of anilines is 1. The van der Waals surface area contributed by atoms with Gasteiger partial charge in [-0.05, 0) is 17.7 Å². The Morgan fingerprint density at radius 1 is 1.12 bits per heavy atom. The summed E-state index contributed by atoms with van der Waals surface area (Å²) in [6, 6.07) is 17.1. The van der Waals surface area contributed by atoms with Crippen molar-refractivity contribution in [1.82, 2.24) is 14.6 Å². The van der Waals surface area contributed by atoms with E-state index in [0.29, 0.717) is 10.2 Å². The third-order valence-corrected chi connectivity index (χ3v) is 4.73. The SMILES string of the molecule is O=C(Cc1ccc(Cl)cc1)Nc1nn2cc(-c3ccccc3)nc2s1. The normalized spacial score (nSPS) is 10.9. The van der Waals surface area contributed by atoms with Crippen LogP contribution >= 0.6 is 22.9 Å². The Labute approximate surface area is 152 Å². The fourth-order valence-corrected chi connectivity index (χ4v) is 3.37. The number of nitrogens with zero attached hydrogens (tertiary/aromatic N) is 3. The molecule has 0 aliphatic carbocycles. The van der Waals surface area contributed by atoms with Gasteiger partial charge in [0.15, 0.2) is 0 Å². The lowest BCUT2D eigenvalue weighted by molar-refractivity contribution is -0.115. The molecule has 0 radical (unpaired) electrons. The number of rotatable bonds is 4. The number of carbonyl (C=O) groups is 1. The molecule has 25 heavy (non-hydrogen) atoms. The number of fused-ring (bicyclic) bond motifs is 1. The van der Waals surface area contributed by atoms with E-state index in [1.165, 1.54) is 11.3 Å². The highest BCUT2D eigenvalue weighted by atomic mass is 35.5. The maximum Gasteiger partial charge on any atom is 0.230 e. The van der Waals surface area contributed by atoms with Crippen molar-refractivity contribution in [3.05, 3.63) is 71.4 Å². The van der Waals surface area contributed by atoms with Crippen molar-refractivity contribution in [3.63, 3.8) is 0 Å². The zero-order valence-electron chi connectivity index (χ0n) is 13.0. The summed E-state index contributed by atoms with van der Waals surface area (Å²) in [7, 11) is 0. The number of benzene rings is 2. The summed E-state index contributed by atoms with van der Waals surface area (Å²) >= 11 is 7.19. The Kier molecular flexibility index (Phi) is 4.21. The molecule has 2 heterocycles. The minimum absolute atomic E-state index is 0.123. The van der Waals surface area contributed by atoms with Gasteiger partial charge >= 0.3 is 0 Å². The van der Waals surface area contributed by atoms with Gasteiger partial charge in [0.05, 0.1) is 18.3 Å². The fraction of sp³-hybridized carbons (Fsp3) is 0.0556. The second-order valence-electron chi connectivity index (χ2n) is 5.48. The average Bonchev–Trinajstić information content (AvgIpc) is 3.16. The van der Waals surface area contributed by atoms with Crippen LogP contribution < -0.4 is 5.32 Å². The smallest absolute Gasteiger partial charge is 0.230 e. The van der Waals surface area contributed by atoms with Crippen LogP contribution in [0.2, 0.25) is 5.02 Å². The van der Waals surface area contributed by atoms with Crippen LogP contribution in [0.4, 0.5) is 5.13 Å². The van der Waals surface area contributed by atoms with Crippen LogP contribution in [-0.4, -0.2) is 20.5 Å². The highest BCUT2D eigenvalue weighted by molar-refractivity contribution is 7.20. The predicted molar refractivity (Wildman–Crippen MR) is 100 cm³/mol. The number of imidazole rings is 1. The molecular formula is C18H13ClN4OS. The van der Waals surface area contributed by atoms with Gasteiger partial charge in [0, 0.05) is 10.6 Å². The van der Waals surface area contributed by atoms with Crippen LogP contribution in [-0.2, 0) is 11.2 Å². The summed E-state index contributed by atoms with van der Waals surface area (Å²) < 4.78 is 1.69. The summed E-state index contributed by atoms with van der Waals surface area (Å²) in [6.07, 6.45) is 2.13. The van der Waals surface area contributed by atoms with E-state index in [2.05, 4.69) is 15.4 Å². The third-order valence-electron chi connectivity index (χ3n) is 3.64. The molecule has 0 fully saturated rings. The van der Waals surface area contributed by atoms with Crippen LogP contribution in [0.5, 0.6) is 0 Å². The van der Waals surface area contributed by atoms with Gasteiger partial charge in [-0.3, -0.25) is 4.79 Å². The topological polar surface area (TPSA) is 59.3 Å². The summed E-state index contributed by atoms with van der Waals surface area (Å²) in [6.45, 7) is 0. The molecule has 0 aliphatic rings. The number of nitrogens with one attached hydrogen (secondary N) is 1. The van der Waals surface area contributed by atoms with Gasteiger partial charge < -0.3 is 5.32 Å². The molecule has 5 nitrogen and oxygen atoms in total. The Hall–Kier alpha value is -2.70. The summed E-state index contributed by atoms with van der Waals surface area (Å²) in [5, 5.41) is 8.37. The maximum atomic E-state index is 12.1. The van der Waals surface area contributed by atoms with Crippen molar-refractivity contribution in [1.29, 1.82) is 0 Å². The Bertz CT molecular complexity index is 993. The number of aromatic nitrogens is 3. The molecule has 7 heteroatoms. The minimum atomic E-state index is -0.123. The second-order valence-corrected chi connectivity index (χ2v) is 6.87. The van der Waals surface area contributed by atoms with Gasteiger partial charge in [0.2, 0.25) is 16.0 Å². The van der Waals surface area contributed by atoms with Gasteiger partial charge in [-0.25, -0.2) is 9.50 Å². The van der Waals surface area contributed by atoms with Crippen LogP contribution in [0.15, 0.2) is 60.8 Å². The number of amides is 1. The molecule has 0 atom stereocenters. The minimum Gasteiger partial charge on any atom is -0.300 e. The first kappa shape index (κ1) is 15.8. The largest absolute Gasteiger partial charge is 0.300 e. The van der Waals surface area contributed by atoms with E-state index >= 15 is 0 Å². The van der Waals surface area contributed by atoms with Crippen molar-refractivity contribution in [2.24, 2.45) is 0 Å². The van der Waals surface area contributed by atoms with Crippen molar-refractivity contribution in [2.75, 3.05) is 5.32 Å². The third kappa shape index (κ3) is 3.55. The molecule has 0 unspecified atom stereocenters. The van der Waals surface area contributed by atoms with E-state index in [1.807, 2.05) is 48.7 Å². The zero-order valence-corrected chi connectivity index (χ0v) is 14.6. The molecule has 0 spiro atoms. The first-order valence-electron chi connectivity index (χ1n) is 7.63. The van der Waals surface area contributed by atoms with Crippen molar-refractivity contribution in [2.45, 2.75) is 6.42 Å². The van der Waals surface area contributed by atoms with Crippen LogP contribution in [0.25, 0.3) is 16.2 Å². The lowest BCUT2D eigenvalue weighted by Gasteiger charge is -2.01. The van der Waals surface area contributed by atoms with Gasteiger partial charge in [0.25, 0.3) is 0 Å². The molecule has 1 N–H and O–H groups in total. The van der Waals surface area contributed by atoms with E-state index in [9.17, 15) is 4.79 Å². The summed E-state index contributed by atoms with van der Waals surface area (Å²) in [4.78, 5) is 17.4. The van der Waals surface area contributed by atoms with Crippen molar-refractivity contribution < 1.29 is 4.79 Å². The zero-order chi connectivity index (χ0) is 17.2. The fourth-order valence-electron chi connectivity index (χ4n) is 2.45. The molecule has 124 valence electrons.